The van der Waals surface area contributed by atoms with E-state index in [9.17, 15) is 9.59 Å². The summed E-state index contributed by atoms with van der Waals surface area (Å²) in [6, 6.07) is 0.902. The average Bonchev–Trinajstić information content (AvgIpc) is 3.01. The van der Waals surface area contributed by atoms with Crippen molar-refractivity contribution < 1.29 is 9.59 Å². The summed E-state index contributed by atoms with van der Waals surface area (Å²) in [6.07, 6.45) is 13.4. The quantitative estimate of drug-likeness (QED) is 0.588. The third-order valence-corrected chi connectivity index (χ3v) is 7.75. The van der Waals surface area contributed by atoms with Gasteiger partial charge in [-0.3, -0.25) is 19.4 Å². The zero-order chi connectivity index (χ0) is 22.1. The molecule has 1 aliphatic heterocycles. The van der Waals surface area contributed by atoms with Crippen molar-refractivity contribution in [2.24, 2.45) is 0 Å². The van der Waals surface area contributed by atoms with Crippen LogP contribution < -0.4 is 0 Å². The van der Waals surface area contributed by atoms with E-state index in [4.69, 9.17) is 0 Å². The van der Waals surface area contributed by atoms with Crippen molar-refractivity contribution >= 4 is 11.8 Å². The molecule has 31 heavy (non-hydrogen) atoms. The number of carbonyl (C=O) groups is 2. The number of carbonyl (C=O) groups excluding carboxylic acids is 2. The molecule has 0 radical (unpaired) electrons. The molecule has 0 bridgehead atoms. The van der Waals surface area contributed by atoms with E-state index in [1.807, 2.05) is 0 Å². The lowest BCUT2D eigenvalue weighted by Gasteiger charge is -2.35. The highest BCUT2D eigenvalue weighted by Crippen LogP contribution is 2.24. The second kappa shape index (κ2) is 12.8. The molecule has 1 heterocycles. The Labute approximate surface area is 190 Å². The van der Waals surface area contributed by atoms with Crippen LogP contribution in [0.25, 0.3) is 0 Å². The summed E-state index contributed by atoms with van der Waals surface area (Å²) in [5.41, 5.74) is 0. The molecular formula is C25H46N4O2. The minimum atomic E-state index is 0.299. The maximum atomic E-state index is 13.0. The number of hydrogen-bond donors (Lipinski definition) is 0. The van der Waals surface area contributed by atoms with Gasteiger partial charge < -0.3 is 9.80 Å². The van der Waals surface area contributed by atoms with Crippen LogP contribution >= 0.6 is 0 Å². The van der Waals surface area contributed by atoms with Gasteiger partial charge >= 0.3 is 0 Å². The van der Waals surface area contributed by atoms with E-state index < -0.39 is 0 Å². The van der Waals surface area contributed by atoms with E-state index >= 15 is 0 Å². The van der Waals surface area contributed by atoms with Crippen molar-refractivity contribution in [2.75, 3.05) is 52.4 Å². The molecule has 0 spiro atoms. The topological polar surface area (TPSA) is 47.1 Å². The summed E-state index contributed by atoms with van der Waals surface area (Å²) in [5.74, 6) is 0.599. The monoisotopic (exact) mass is 434 g/mol. The molecule has 2 amide bonds. The lowest BCUT2D eigenvalue weighted by Crippen LogP contribution is -2.48. The molecule has 1 saturated heterocycles. The molecule has 0 N–H and O–H groups in total. The first-order valence-corrected chi connectivity index (χ1v) is 13.2. The van der Waals surface area contributed by atoms with E-state index in [0.717, 1.165) is 45.7 Å². The molecule has 6 nitrogen and oxygen atoms in total. The molecule has 0 aromatic carbocycles. The highest BCUT2D eigenvalue weighted by atomic mass is 16.2. The lowest BCUT2D eigenvalue weighted by atomic mass is 9.94. The molecule has 0 aromatic rings. The Bertz CT molecular complexity index is 510. The standard InChI is InChI=1S/C25H46N4O2/c1-3-28(22-12-7-5-8-13-22)24(30)20-26-16-11-17-27(19-18-26)21-25(31)29(4-2)23-14-9-6-10-15-23/h22-23H,3-21H2,1-2H3. The van der Waals surface area contributed by atoms with Crippen molar-refractivity contribution in [3.63, 3.8) is 0 Å². The third-order valence-electron chi connectivity index (χ3n) is 7.75. The van der Waals surface area contributed by atoms with Crippen LogP contribution in [0.15, 0.2) is 0 Å². The van der Waals surface area contributed by atoms with Gasteiger partial charge in [-0.05, 0) is 59.0 Å². The Hall–Kier alpha value is -1.14. The van der Waals surface area contributed by atoms with Gasteiger partial charge in [0.25, 0.3) is 0 Å². The summed E-state index contributed by atoms with van der Waals surface area (Å²) in [6.45, 7) is 10.6. The molecule has 3 rings (SSSR count). The number of rotatable bonds is 8. The van der Waals surface area contributed by atoms with Crippen LogP contribution in [0.5, 0.6) is 0 Å². The van der Waals surface area contributed by atoms with Gasteiger partial charge in [0.05, 0.1) is 13.1 Å². The first-order chi connectivity index (χ1) is 15.1. The van der Waals surface area contributed by atoms with E-state index in [1.165, 1.54) is 64.2 Å². The average molecular weight is 435 g/mol. The molecule has 0 unspecified atom stereocenters. The number of likely N-dealkylation sites (N-methyl/N-ethyl adjacent to an activating group) is 2. The van der Waals surface area contributed by atoms with Crippen molar-refractivity contribution in [1.29, 1.82) is 0 Å². The fourth-order valence-electron chi connectivity index (χ4n) is 5.97. The maximum Gasteiger partial charge on any atom is 0.236 e. The Morgan fingerprint density at radius 1 is 0.613 bits per heavy atom. The predicted molar refractivity (Wildman–Crippen MR) is 126 cm³/mol. The van der Waals surface area contributed by atoms with E-state index in [2.05, 4.69) is 33.4 Å². The van der Waals surface area contributed by atoms with Gasteiger partial charge in [-0.25, -0.2) is 0 Å². The van der Waals surface area contributed by atoms with Crippen molar-refractivity contribution in [3.8, 4) is 0 Å². The number of amides is 2. The molecule has 2 aliphatic carbocycles. The van der Waals surface area contributed by atoms with Gasteiger partial charge in [-0.1, -0.05) is 38.5 Å². The molecule has 2 saturated carbocycles. The second-order valence-electron chi connectivity index (χ2n) is 9.85. The Kier molecular flexibility index (Phi) is 10.1. The van der Waals surface area contributed by atoms with Gasteiger partial charge in [0, 0.05) is 38.3 Å². The molecule has 3 fully saturated rings. The van der Waals surface area contributed by atoms with Crippen molar-refractivity contribution in [1.82, 2.24) is 19.6 Å². The fourth-order valence-corrected chi connectivity index (χ4v) is 5.97. The molecule has 178 valence electrons. The largest absolute Gasteiger partial charge is 0.339 e. The SMILES string of the molecule is CCN(C(=O)CN1CCCN(CC(=O)N(CC)C2CCCCC2)CC1)C1CCCCC1. The van der Waals surface area contributed by atoms with Gasteiger partial charge in [-0.15, -0.1) is 0 Å². The van der Waals surface area contributed by atoms with Gasteiger partial charge in [0.2, 0.25) is 11.8 Å². The van der Waals surface area contributed by atoms with Gasteiger partial charge in [-0.2, -0.15) is 0 Å². The smallest absolute Gasteiger partial charge is 0.236 e. The van der Waals surface area contributed by atoms with Crippen LogP contribution in [0.2, 0.25) is 0 Å². The third kappa shape index (κ3) is 7.18. The molecule has 3 aliphatic rings. The van der Waals surface area contributed by atoms with Crippen LogP contribution in [0.4, 0.5) is 0 Å². The maximum absolute atomic E-state index is 13.0. The highest BCUT2D eigenvalue weighted by Gasteiger charge is 2.28. The molecule has 0 aromatic heterocycles. The van der Waals surface area contributed by atoms with Crippen molar-refractivity contribution in [2.45, 2.75) is 96.6 Å². The first-order valence-electron chi connectivity index (χ1n) is 13.2. The zero-order valence-electron chi connectivity index (χ0n) is 20.2. The van der Waals surface area contributed by atoms with E-state index in [1.54, 1.807) is 0 Å². The zero-order valence-corrected chi connectivity index (χ0v) is 20.2. The summed E-state index contributed by atoms with van der Waals surface area (Å²) in [5, 5.41) is 0. The minimum absolute atomic E-state index is 0.299. The Morgan fingerprint density at radius 3 is 1.35 bits per heavy atom. The predicted octanol–water partition coefficient (Wildman–Crippen LogP) is 3.36. The van der Waals surface area contributed by atoms with Crippen LogP contribution in [0.1, 0.15) is 84.5 Å². The van der Waals surface area contributed by atoms with Gasteiger partial charge in [0.15, 0.2) is 0 Å². The van der Waals surface area contributed by atoms with Crippen molar-refractivity contribution in [3.05, 3.63) is 0 Å². The first kappa shape index (κ1) is 24.5. The minimum Gasteiger partial charge on any atom is -0.339 e. The fraction of sp³-hybridized carbons (Fsp3) is 0.920. The van der Waals surface area contributed by atoms with Crippen LogP contribution in [-0.2, 0) is 9.59 Å². The summed E-state index contributed by atoms with van der Waals surface area (Å²) >= 11 is 0. The Morgan fingerprint density at radius 2 is 1.00 bits per heavy atom. The molecule has 6 heteroatoms. The van der Waals surface area contributed by atoms with E-state index in [-0.39, 0.29) is 0 Å². The number of nitrogens with zero attached hydrogens (tertiary/aromatic N) is 4. The lowest BCUT2D eigenvalue weighted by molar-refractivity contribution is -0.136. The molecular weight excluding hydrogens is 388 g/mol. The summed E-state index contributed by atoms with van der Waals surface area (Å²) < 4.78 is 0. The normalized spacial score (nSPS) is 22.8. The summed E-state index contributed by atoms with van der Waals surface area (Å²) in [7, 11) is 0. The highest BCUT2D eigenvalue weighted by molar-refractivity contribution is 5.79. The Balaban J connectivity index is 1.45. The van der Waals surface area contributed by atoms with Crippen LogP contribution in [-0.4, -0.2) is 95.9 Å². The van der Waals surface area contributed by atoms with Crippen LogP contribution in [0.3, 0.4) is 0 Å². The van der Waals surface area contributed by atoms with E-state index in [0.29, 0.717) is 37.0 Å². The second-order valence-corrected chi connectivity index (χ2v) is 9.85. The number of hydrogen-bond acceptors (Lipinski definition) is 4. The molecule has 0 atom stereocenters. The van der Waals surface area contributed by atoms with Gasteiger partial charge in [0.1, 0.15) is 0 Å². The van der Waals surface area contributed by atoms with Crippen LogP contribution in [0, 0.1) is 0 Å². The summed E-state index contributed by atoms with van der Waals surface area (Å²) in [4.78, 5) is 35.0.